The van der Waals surface area contributed by atoms with Crippen LogP contribution in [0.25, 0.3) is 11.3 Å². The van der Waals surface area contributed by atoms with Crippen molar-refractivity contribution in [2.24, 2.45) is 0 Å². The fourth-order valence-electron chi connectivity index (χ4n) is 3.07. The number of halogens is 3. The predicted molar refractivity (Wildman–Crippen MR) is 93.0 cm³/mol. The second-order valence-corrected chi connectivity index (χ2v) is 6.58. The number of anilines is 1. The summed E-state index contributed by atoms with van der Waals surface area (Å²) in [5.41, 5.74) is 2.23. The van der Waals surface area contributed by atoms with E-state index in [1.807, 2.05) is 13.0 Å². The lowest BCUT2D eigenvalue weighted by atomic mass is 10.1. The number of piperidine rings is 1. The van der Waals surface area contributed by atoms with Crippen LogP contribution in [0.15, 0.2) is 30.3 Å². The lowest BCUT2D eigenvalue weighted by Gasteiger charge is -2.30. The molecule has 1 saturated heterocycles. The van der Waals surface area contributed by atoms with Gasteiger partial charge in [-0.1, -0.05) is 0 Å². The number of aryl methyl sites for hydroxylation is 1. The molecule has 0 amide bonds. The first kappa shape index (κ1) is 18.4. The number of alkyl halides is 3. The summed E-state index contributed by atoms with van der Waals surface area (Å²) in [6.45, 7) is 4.01. The fourth-order valence-corrected chi connectivity index (χ4v) is 3.07. The summed E-state index contributed by atoms with van der Waals surface area (Å²) in [6, 6.07) is 7.82. The van der Waals surface area contributed by atoms with Gasteiger partial charge < -0.3 is 15.0 Å². The second kappa shape index (κ2) is 7.49. The normalized spacial score (nSPS) is 18.6. The number of nitrogens with zero attached hydrogens (tertiary/aromatic N) is 3. The molecular weight excluding hydrogens is 345 g/mol. The van der Waals surface area contributed by atoms with Crippen molar-refractivity contribution in [2.75, 3.05) is 25.5 Å². The summed E-state index contributed by atoms with van der Waals surface area (Å²) in [5.74, 6) is 0.483. The largest absolute Gasteiger partial charge is 0.573 e. The fraction of sp³-hybridized carbons (Fsp3) is 0.444. The van der Waals surface area contributed by atoms with Crippen molar-refractivity contribution in [3.8, 4) is 17.0 Å². The van der Waals surface area contributed by atoms with Crippen molar-refractivity contribution in [3.05, 3.63) is 35.9 Å². The summed E-state index contributed by atoms with van der Waals surface area (Å²) in [5, 5.41) is 11.9. The van der Waals surface area contributed by atoms with Crippen LogP contribution in [0.2, 0.25) is 0 Å². The third kappa shape index (κ3) is 4.85. The highest BCUT2D eigenvalue weighted by atomic mass is 19.4. The van der Waals surface area contributed by atoms with E-state index in [2.05, 4.69) is 32.2 Å². The minimum atomic E-state index is -4.70. The molecule has 0 aliphatic carbocycles. The zero-order valence-electron chi connectivity index (χ0n) is 14.7. The molecule has 1 aromatic heterocycles. The van der Waals surface area contributed by atoms with Gasteiger partial charge >= 0.3 is 6.36 Å². The molecule has 0 radical (unpaired) electrons. The molecule has 1 aliphatic rings. The van der Waals surface area contributed by atoms with Gasteiger partial charge in [0.05, 0.1) is 5.69 Å². The molecule has 0 unspecified atom stereocenters. The van der Waals surface area contributed by atoms with Crippen LogP contribution in [-0.2, 0) is 0 Å². The van der Waals surface area contributed by atoms with Gasteiger partial charge in [-0.25, -0.2) is 0 Å². The number of hydrogen-bond acceptors (Lipinski definition) is 5. The van der Waals surface area contributed by atoms with Gasteiger partial charge in [0.15, 0.2) is 5.82 Å². The van der Waals surface area contributed by atoms with Gasteiger partial charge in [0, 0.05) is 18.2 Å². The van der Waals surface area contributed by atoms with Crippen LogP contribution in [0.3, 0.4) is 0 Å². The number of hydrogen-bond donors (Lipinski definition) is 1. The van der Waals surface area contributed by atoms with Crippen LogP contribution in [0, 0.1) is 6.92 Å². The van der Waals surface area contributed by atoms with Crippen molar-refractivity contribution in [1.82, 2.24) is 15.1 Å². The van der Waals surface area contributed by atoms with Gasteiger partial charge in [-0.2, -0.15) is 0 Å². The van der Waals surface area contributed by atoms with Crippen LogP contribution in [0.5, 0.6) is 5.75 Å². The Kier molecular flexibility index (Phi) is 5.31. The number of likely N-dealkylation sites (N-methyl/N-ethyl adjacent to an activating group) is 1. The van der Waals surface area contributed by atoms with E-state index in [1.165, 1.54) is 24.3 Å². The van der Waals surface area contributed by atoms with Crippen LogP contribution >= 0.6 is 0 Å². The van der Waals surface area contributed by atoms with Gasteiger partial charge in [0.25, 0.3) is 0 Å². The summed E-state index contributed by atoms with van der Waals surface area (Å²) >= 11 is 0. The first-order valence-electron chi connectivity index (χ1n) is 8.46. The molecule has 1 aliphatic heterocycles. The van der Waals surface area contributed by atoms with E-state index in [4.69, 9.17) is 0 Å². The summed E-state index contributed by atoms with van der Waals surface area (Å²) < 4.78 is 40.6. The molecule has 1 N–H and O–H groups in total. The first-order valence-corrected chi connectivity index (χ1v) is 8.46. The molecule has 8 heteroatoms. The van der Waals surface area contributed by atoms with Gasteiger partial charge in [-0.15, -0.1) is 23.4 Å². The average molecular weight is 366 g/mol. The molecule has 3 rings (SSSR count). The molecular formula is C18H21F3N4O. The highest BCUT2D eigenvalue weighted by molar-refractivity contribution is 5.62. The molecule has 0 bridgehead atoms. The van der Waals surface area contributed by atoms with Crippen LogP contribution in [0.4, 0.5) is 19.0 Å². The van der Waals surface area contributed by atoms with Crippen LogP contribution in [-0.4, -0.2) is 47.6 Å². The zero-order chi connectivity index (χ0) is 18.7. The maximum Gasteiger partial charge on any atom is 0.573 e. The lowest BCUT2D eigenvalue weighted by molar-refractivity contribution is -0.274. The predicted octanol–water partition coefficient (Wildman–Crippen LogP) is 3.86. The Hall–Kier alpha value is -2.35. The number of nitrogens with one attached hydrogen (secondary N) is 1. The van der Waals surface area contributed by atoms with Gasteiger partial charge in [0.2, 0.25) is 0 Å². The van der Waals surface area contributed by atoms with Crippen LogP contribution < -0.4 is 10.1 Å². The Morgan fingerprint density at radius 2 is 1.92 bits per heavy atom. The quantitative estimate of drug-likeness (QED) is 0.891. The van der Waals surface area contributed by atoms with Gasteiger partial charge in [0.1, 0.15) is 5.75 Å². The number of rotatable bonds is 4. The van der Waals surface area contributed by atoms with Crippen molar-refractivity contribution in [2.45, 2.75) is 32.2 Å². The Labute approximate surface area is 150 Å². The summed E-state index contributed by atoms with van der Waals surface area (Å²) in [7, 11) is 2.10. The SMILES string of the molecule is Cc1cc(-c2ccc(OC(F)(F)F)cc2)nnc1N[C@@H]1CCCN(C)C1. The van der Waals surface area contributed by atoms with E-state index in [9.17, 15) is 13.2 Å². The summed E-state index contributed by atoms with van der Waals surface area (Å²) in [4.78, 5) is 2.28. The molecule has 0 spiro atoms. The lowest BCUT2D eigenvalue weighted by Crippen LogP contribution is -2.40. The van der Waals surface area contributed by atoms with Crippen molar-refractivity contribution < 1.29 is 17.9 Å². The molecule has 0 saturated carbocycles. The highest BCUT2D eigenvalue weighted by Gasteiger charge is 2.31. The van der Waals surface area contributed by atoms with E-state index in [-0.39, 0.29) is 5.75 Å². The molecule has 2 aromatic rings. The molecule has 26 heavy (non-hydrogen) atoms. The Balaban J connectivity index is 1.70. The smallest absolute Gasteiger partial charge is 0.406 e. The first-order chi connectivity index (χ1) is 12.3. The van der Waals surface area contributed by atoms with E-state index in [0.717, 1.165) is 37.3 Å². The minimum Gasteiger partial charge on any atom is -0.406 e. The van der Waals surface area contributed by atoms with Crippen LogP contribution in [0.1, 0.15) is 18.4 Å². The number of likely N-dealkylation sites (tertiary alicyclic amines) is 1. The Morgan fingerprint density at radius 1 is 1.19 bits per heavy atom. The molecule has 5 nitrogen and oxygen atoms in total. The standard InChI is InChI=1S/C18H21F3N4O/c1-12-10-16(13-5-7-15(8-6-13)26-18(19,20)21)23-24-17(12)22-14-4-3-9-25(2)11-14/h5-8,10,14H,3-4,9,11H2,1-2H3,(H,22,24)/t14-/m1/s1. The monoisotopic (exact) mass is 366 g/mol. The summed E-state index contributed by atoms with van der Waals surface area (Å²) in [6.07, 6.45) is -2.46. The third-order valence-electron chi connectivity index (χ3n) is 4.33. The van der Waals surface area contributed by atoms with E-state index < -0.39 is 6.36 Å². The number of aromatic nitrogens is 2. The van der Waals surface area contributed by atoms with E-state index >= 15 is 0 Å². The van der Waals surface area contributed by atoms with Crippen molar-refractivity contribution in [3.63, 3.8) is 0 Å². The minimum absolute atomic E-state index is 0.259. The molecule has 2 heterocycles. The second-order valence-electron chi connectivity index (χ2n) is 6.58. The van der Waals surface area contributed by atoms with Gasteiger partial charge in [-0.05, 0) is 69.3 Å². The topological polar surface area (TPSA) is 50.3 Å². The Bertz CT molecular complexity index is 749. The van der Waals surface area contributed by atoms with Crippen molar-refractivity contribution in [1.29, 1.82) is 0 Å². The number of benzene rings is 1. The maximum atomic E-state index is 12.2. The third-order valence-corrected chi connectivity index (χ3v) is 4.33. The van der Waals surface area contributed by atoms with Gasteiger partial charge in [-0.3, -0.25) is 0 Å². The average Bonchev–Trinajstić information content (AvgIpc) is 2.56. The molecule has 140 valence electrons. The maximum absolute atomic E-state index is 12.2. The molecule has 1 fully saturated rings. The van der Waals surface area contributed by atoms with E-state index in [1.54, 1.807) is 0 Å². The Morgan fingerprint density at radius 3 is 2.54 bits per heavy atom. The highest BCUT2D eigenvalue weighted by Crippen LogP contribution is 2.27. The molecule has 1 aromatic carbocycles. The van der Waals surface area contributed by atoms with E-state index in [0.29, 0.717) is 17.3 Å². The zero-order valence-corrected chi connectivity index (χ0v) is 14.7. The molecule has 1 atom stereocenters. The van der Waals surface area contributed by atoms with Crippen molar-refractivity contribution >= 4 is 5.82 Å². The number of ether oxygens (including phenoxy) is 1.